The highest BCUT2D eigenvalue weighted by molar-refractivity contribution is 6.02. The van der Waals surface area contributed by atoms with Crippen LogP contribution in [0.5, 0.6) is 0 Å². The number of nitrogens with zero attached hydrogens (tertiary/aromatic N) is 1. The van der Waals surface area contributed by atoms with E-state index in [4.69, 9.17) is 4.42 Å². The summed E-state index contributed by atoms with van der Waals surface area (Å²) in [5.74, 6) is 0.0264. The van der Waals surface area contributed by atoms with Gasteiger partial charge in [-0.1, -0.05) is 23.8 Å². The number of hydrogen-bond acceptors (Lipinski definition) is 5. The number of benzene rings is 2. The van der Waals surface area contributed by atoms with Gasteiger partial charge in [-0.25, -0.2) is 9.37 Å². The molecule has 0 radical (unpaired) electrons. The Bertz CT molecular complexity index is 1600. The minimum Gasteiger partial charge on any atom is -0.444 e. The molecule has 9 heteroatoms. The van der Waals surface area contributed by atoms with Gasteiger partial charge in [0.25, 0.3) is 0 Å². The number of ketones is 1. The van der Waals surface area contributed by atoms with Gasteiger partial charge in [-0.2, -0.15) is 0 Å². The molecule has 0 aliphatic carbocycles. The van der Waals surface area contributed by atoms with Crippen LogP contribution >= 0.6 is 0 Å². The Kier molecular flexibility index (Phi) is 7.40. The van der Waals surface area contributed by atoms with Gasteiger partial charge in [0.15, 0.2) is 5.78 Å². The van der Waals surface area contributed by atoms with Gasteiger partial charge in [-0.3, -0.25) is 14.4 Å². The summed E-state index contributed by atoms with van der Waals surface area (Å²) in [5.41, 5.74) is 4.00. The summed E-state index contributed by atoms with van der Waals surface area (Å²) >= 11 is 0. The number of nitrogens with one attached hydrogen (secondary N) is 3. The molecule has 1 aliphatic heterocycles. The zero-order chi connectivity index (χ0) is 27.5. The second-order valence-corrected chi connectivity index (χ2v) is 9.86. The summed E-state index contributed by atoms with van der Waals surface area (Å²) in [6.07, 6.45) is 3.94. The molecule has 0 spiro atoms. The molecular weight excluding hydrogens is 499 g/mol. The summed E-state index contributed by atoms with van der Waals surface area (Å²) in [4.78, 5) is 45.5. The molecule has 2 aromatic heterocycles. The van der Waals surface area contributed by atoms with Crippen LogP contribution in [0.15, 0.2) is 70.4 Å². The second kappa shape index (κ2) is 11.1. The van der Waals surface area contributed by atoms with Gasteiger partial charge in [0, 0.05) is 36.5 Å². The van der Waals surface area contributed by atoms with Gasteiger partial charge >= 0.3 is 0 Å². The fraction of sp³-hybridized carbons (Fsp3) is 0.267. The smallest absolute Gasteiger partial charge is 0.224 e. The van der Waals surface area contributed by atoms with Crippen molar-refractivity contribution >= 4 is 28.5 Å². The van der Waals surface area contributed by atoms with Gasteiger partial charge in [-0.15, -0.1) is 0 Å². The SMILES string of the molecule is CC1=C(C(=O)Cc2ccc3[nH]ccc3c2)C(c2ccc(F)c(CCC(=O)NCc3ncc(C)o3)c2)NC(=O)C1. The predicted molar refractivity (Wildman–Crippen MR) is 143 cm³/mol. The zero-order valence-corrected chi connectivity index (χ0v) is 21.8. The largest absolute Gasteiger partial charge is 0.444 e. The average molecular weight is 529 g/mol. The molecule has 3 N–H and O–H groups in total. The molecule has 0 bridgehead atoms. The third-order valence-corrected chi connectivity index (χ3v) is 6.89. The molecule has 1 atom stereocenters. The van der Waals surface area contributed by atoms with Gasteiger partial charge in [0.2, 0.25) is 17.7 Å². The molecule has 2 amide bonds. The van der Waals surface area contributed by atoms with Crippen molar-refractivity contribution in [2.24, 2.45) is 0 Å². The van der Waals surface area contributed by atoms with Crippen LogP contribution in [0.25, 0.3) is 10.9 Å². The number of carbonyl (C=O) groups is 3. The van der Waals surface area contributed by atoms with Crippen molar-refractivity contribution < 1.29 is 23.2 Å². The van der Waals surface area contributed by atoms with Crippen LogP contribution in [0, 0.1) is 12.7 Å². The average Bonchev–Trinajstić information content (AvgIpc) is 3.54. The molecule has 1 unspecified atom stereocenters. The van der Waals surface area contributed by atoms with E-state index in [1.165, 1.54) is 6.07 Å². The monoisotopic (exact) mass is 528 g/mol. The van der Waals surface area contributed by atoms with E-state index in [9.17, 15) is 18.8 Å². The standard InChI is InChI=1S/C30H29FN4O4/c1-17-11-27(38)35-30(29(17)25(36)13-19-3-7-24-21(12-19)9-10-32-24)22-4-6-23(31)20(14-22)5-8-26(37)33-16-28-34-15-18(2)39-28/h3-4,6-7,9-10,12,14-15,30,32H,5,8,11,13,16H2,1-2H3,(H,33,37)(H,35,38). The van der Waals surface area contributed by atoms with E-state index in [1.807, 2.05) is 30.5 Å². The Labute approximate surface area is 224 Å². The molecule has 39 heavy (non-hydrogen) atoms. The molecular formula is C30H29FN4O4. The predicted octanol–water partition coefficient (Wildman–Crippen LogP) is 4.54. The van der Waals surface area contributed by atoms with E-state index in [0.717, 1.165) is 16.5 Å². The minimum absolute atomic E-state index is 0.0549. The number of aromatic amines is 1. The first kappa shape index (κ1) is 26.1. The second-order valence-electron chi connectivity index (χ2n) is 9.86. The van der Waals surface area contributed by atoms with Crippen molar-refractivity contribution in [2.75, 3.05) is 0 Å². The van der Waals surface area contributed by atoms with Crippen molar-refractivity contribution in [3.63, 3.8) is 0 Å². The van der Waals surface area contributed by atoms with Crippen molar-refractivity contribution in [3.05, 3.63) is 100 Å². The quantitative estimate of drug-likeness (QED) is 0.295. The lowest BCUT2D eigenvalue weighted by Crippen LogP contribution is -2.37. The van der Waals surface area contributed by atoms with Crippen molar-refractivity contribution in [1.29, 1.82) is 0 Å². The number of oxazole rings is 1. The minimum atomic E-state index is -0.698. The number of fused-ring (bicyclic) bond motifs is 1. The highest BCUT2D eigenvalue weighted by atomic mass is 19.1. The van der Waals surface area contributed by atoms with Crippen molar-refractivity contribution in [3.8, 4) is 0 Å². The zero-order valence-electron chi connectivity index (χ0n) is 21.8. The first-order valence-corrected chi connectivity index (χ1v) is 12.8. The van der Waals surface area contributed by atoms with Crippen LogP contribution in [0.3, 0.4) is 0 Å². The number of halogens is 1. The molecule has 0 fully saturated rings. The molecule has 3 heterocycles. The summed E-state index contributed by atoms with van der Waals surface area (Å²) in [6.45, 7) is 3.70. The normalized spacial score (nSPS) is 15.5. The highest BCUT2D eigenvalue weighted by Gasteiger charge is 2.31. The van der Waals surface area contributed by atoms with Crippen LogP contribution in [-0.4, -0.2) is 27.6 Å². The van der Waals surface area contributed by atoms with E-state index >= 15 is 0 Å². The highest BCUT2D eigenvalue weighted by Crippen LogP contribution is 2.32. The van der Waals surface area contributed by atoms with Crippen LogP contribution in [0.2, 0.25) is 0 Å². The molecule has 8 nitrogen and oxygen atoms in total. The van der Waals surface area contributed by atoms with Gasteiger partial charge < -0.3 is 20.0 Å². The third kappa shape index (κ3) is 5.98. The third-order valence-electron chi connectivity index (χ3n) is 6.89. The topological polar surface area (TPSA) is 117 Å². The molecule has 0 saturated heterocycles. The number of rotatable bonds is 9. The molecule has 200 valence electrons. The number of aromatic nitrogens is 2. The lowest BCUT2D eigenvalue weighted by molar-refractivity contribution is -0.122. The van der Waals surface area contributed by atoms with Crippen LogP contribution in [-0.2, 0) is 33.8 Å². The van der Waals surface area contributed by atoms with E-state index < -0.39 is 11.9 Å². The van der Waals surface area contributed by atoms with Gasteiger partial charge in [0.05, 0.1) is 18.8 Å². The van der Waals surface area contributed by atoms with Crippen molar-refractivity contribution in [2.45, 2.75) is 52.1 Å². The van der Waals surface area contributed by atoms with E-state index in [1.54, 1.807) is 32.2 Å². The lowest BCUT2D eigenvalue weighted by atomic mass is 9.85. The van der Waals surface area contributed by atoms with Gasteiger partial charge in [0.1, 0.15) is 11.6 Å². The van der Waals surface area contributed by atoms with Crippen molar-refractivity contribution in [1.82, 2.24) is 20.6 Å². The molecule has 0 saturated carbocycles. The molecule has 2 aromatic carbocycles. The van der Waals surface area contributed by atoms with Crippen LogP contribution in [0.1, 0.15) is 54.1 Å². The molecule has 1 aliphatic rings. The van der Waals surface area contributed by atoms with Crippen LogP contribution < -0.4 is 10.6 Å². The summed E-state index contributed by atoms with van der Waals surface area (Å²) < 4.78 is 20.1. The van der Waals surface area contributed by atoms with E-state index in [0.29, 0.717) is 33.9 Å². The first-order valence-electron chi connectivity index (χ1n) is 12.8. The number of carbonyl (C=O) groups excluding carboxylic acids is 3. The number of H-pyrrole nitrogens is 1. The van der Waals surface area contributed by atoms with E-state index in [-0.39, 0.29) is 49.8 Å². The summed E-state index contributed by atoms with van der Waals surface area (Å²) in [6, 6.07) is 11.6. The Morgan fingerprint density at radius 3 is 2.79 bits per heavy atom. The Balaban J connectivity index is 1.31. The number of aryl methyl sites for hydroxylation is 2. The van der Waals surface area contributed by atoms with Gasteiger partial charge in [-0.05, 0) is 66.6 Å². The van der Waals surface area contributed by atoms with Crippen LogP contribution in [0.4, 0.5) is 4.39 Å². The van der Waals surface area contributed by atoms with E-state index in [2.05, 4.69) is 20.6 Å². The summed E-state index contributed by atoms with van der Waals surface area (Å²) in [7, 11) is 0. The first-order chi connectivity index (χ1) is 18.8. The molecule has 4 aromatic rings. The number of amides is 2. The number of Topliss-reactive ketones (excluding diaryl/α,β-unsaturated/α-hetero) is 1. The Hall–Kier alpha value is -4.53. The number of hydrogen-bond donors (Lipinski definition) is 3. The maximum atomic E-state index is 14.7. The fourth-order valence-electron chi connectivity index (χ4n) is 4.97. The Morgan fingerprint density at radius 1 is 1.15 bits per heavy atom. The maximum Gasteiger partial charge on any atom is 0.224 e. The molecule has 5 rings (SSSR count). The lowest BCUT2D eigenvalue weighted by Gasteiger charge is -2.28. The Morgan fingerprint density at radius 2 is 2.00 bits per heavy atom. The maximum absolute atomic E-state index is 14.7. The fourth-order valence-corrected chi connectivity index (χ4v) is 4.97. The summed E-state index contributed by atoms with van der Waals surface area (Å²) in [5, 5.41) is 6.65.